The van der Waals surface area contributed by atoms with Gasteiger partial charge in [0.15, 0.2) is 5.69 Å². The highest BCUT2D eigenvalue weighted by Crippen LogP contribution is 2.18. The molecule has 0 aliphatic carbocycles. The quantitative estimate of drug-likeness (QED) is 0.853. The van der Waals surface area contributed by atoms with Gasteiger partial charge in [-0.15, -0.1) is 0 Å². The zero-order chi connectivity index (χ0) is 13.8. The Hall–Kier alpha value is -1.56. The van der Waals surface area contributed by atoms with E-state index in [4.69, 9.17) is 10.5 Å². The Balaban J connectivity index is 1.99. The highest BCUT2D eigenvalue weighted by atomic mass is 16.5. The summed E-state index contributed by atoms with van der Waals surface area (Å²) < 4.78 is 5.43. The first-order valence-corrected chi connectivity index (χ1v) is 6.79. The molecule has 1 unspecified atom stereocenters. The maximum Gasteiger partial charge on any atom is 0.276 e. The van der Waals surface area contributed by atoms with Crippen LogP contribution in [0.4, 0.5) is 5.69 Å². The van der Waals surface area contributed by atoms with Gasteiger partial charge >= 0.3 is 0 Å². The third-order valence-electron chi connectivity index (χ3n) is 3.57. The lowest BCUT2D eigenvalue weighted by molar-refractivity contribution is 0.0387. The zero-order valence-corrected chi connectivity index (χ0v) is 11.6. The van der Waals surface area contributed by atoms with Crippen LogP contribution in [0, 0.1) is 5.92 Å². The number of aromatic nitrogens is 2. The summed E-state index contributed by atoms with van der Waals surface area (Å²) in [5, 5.41) is 6.84. The van der Waals surface area contributed by atoms with E-state index in [9.17, 15) is 4.79 Å². The summed E-state index contributed by atoms with van der Waals surface area (Å²) in [5.74, 6) is 0.285. The molecule has 0 aromatic carbocycles. The molecule has 19 heavy (non-hydrogen) atoms. The van der Waals surface area contributed by atoms with Gasteiger partial charge in [-0.1, -0.05) is 6.92 Å². The average molecular weight is 266 g/mol. The predicted molar refractivity (Wildman–Crippen MR) is 72.9 cm³/mol. The Kier molecular flexibility index (Phi) is 4.42. The number of hydrogen-bond acceptors (Lipinski definition) is 4. The number of ether oxygens (including phenoxy) is 1. The van der Waals surface area contributed by atoms with E-state index >= 15 is 0 Å². The van der Waals surface area contributed by atoms with Crippen molar-refractivity contribution in [3.8, 4) is 0 Å². The number of nitrogen functional groups attached to an aromatic ring is 1. The smallest absolute Gasteiger partial charge is 0.276 e. The van der Waals surface area contributed by atoms with Crippen LogP contribution in [0.3, 0.4) is 0 Å². The standard InChI is InChI=1S/C13H22N4O2/c1-3-10-11(14)12(16-15-10)13(18)17(2)7-9-5-4-6-19-8-9/h9H,3-8,14H2,1-2H3,(H,15,16). The number of aryl methyl sites for hydroxylation is 1. The number of carbonyl (C=O) groups excluding carboxylic acids is 1. The fourth-order valence-electron chi connectivity index (χ4n) is 2.42. The second-order valence-corrected chi connectivity index (χ2v) is 5.09. The summed E-state index contributed by atoms with van der Waals surface area (Å²) in [7, 11) is 1.79. The monoisotopic (exact) mass is 266 g/mol. The fourth-order valence-corrected chi connectivity index (χ4v) is 2.42. The molecule has 1 amide bonds. The van der Waals surface area contributed by atoms with E-state index in [2.05, 4.69) is 10.2 Å². The number of rotatable bonds is 4. The summed E-state index contributed by atoms with van der Waals surface area (Å²) in [6.07, 6.45) is 2.91. The Labute approximate surface area is 113 Å². The number of nitrogens with two attached hydrogens (primary N) is 1. The Morgan fingerprint density at radius 2 is 2.42 bits per heavy atom. The van der Waals surface area contributed by atoms with Crippen LogP contribution in [-0.4, -0.2) is 47.8 Å². The molecule has 0 radical (unpaired) electrons. The van der Waals surface area contributed by atoms with E-state index in [-0.39, 0.29) is 5.91 Å². The number of nitrogens with zero attached hydrogens (tertiary/aromatic N) is 2. The van der Waals surface area contributed by atoms with Gasteiger partial charge in [0.25, 0.3) is 5.91 Å². The molecule has 1 aromatic heterocycles. The summed E-state index contributed by atoms with van der Waals surface area (Å²) in [5.41, 5.74) is 7.54. The summed E-state index contributed by atoms with van der Waals surface area (Å²) in [6.45, 7) is 4.22. The molecule has 1 aliphatic rings. The van der Waals surface area contributed by atoms with Crippen molar-refractivity contribution in [1.29, 1.82) is 0 Å². The highest BCUT2D eigenvalue weighted by Gasteiger charge is 2.23. The molecular formula is C13H22N4O2. The first-order valence-electron chi connectivity index (χ1n) is 6.79. The van der Waals surface area contributed by atoms with E-state index in [1.165, 1.54) is 0 Å². The van der Waals surface area contributed by atoms with Crippen molar-refractivity contribution in [3.05, 3.63) is 11.4 Å². The topological polar surface area (TPSA) is 84.2 Å². The van der Waals surface area contributed by atoms with Crippen molar-refractivity contribution in [2.45, 2.75) is 26.2 Å². The summed E-state index contributed by atoms with van der Waals surface area (Å²) >= 11 is 0. The van der Waals surface area contributed by atoms with Crippen molar-refractivity contribution in [2.24, 2.45) is 5.92 Å². The molecule has 1 saturated heterocycles. The minimum absolute atomic E-state index is 0.126. The minimum atomic E-state index is -0.126. The lowest BCUT2D eigenvalue weighted by Gasteiger charge is -2.26. The largest absolute Gasteiger partial charge is 0.395 e. The van der Waals surface area contributed by atoms with Gasteiger partial charge in [-0.05, 0) is 25.2 Å². The zero-order valence-electron chi connectivity index (χ0n) is 11.6. The number of amides is 1. The minimum Gasteiger partial charge on any atom is -0.395 e. The van der Waals surface area contributed by atoms with Gasteiger partial charge in [-0.2, -0.15) is 5.10 Å². The first kappa shape index (κ1) is 13.9. The second-order valence-electron chi connectivity index (χ2n) is 5.09. The van der Waals surface area contributed by atoms with Gasteiger partial charge in [0.2, 0.25) is 0 Å². The van der Waals surface area contributed by atoms with Gasteiger partial charge in [-0.25, -0.2) is 0 Å². The molecule has 0 spiro atoms. The number of aromatic amines is 1. The molecule has 2 heterocycles. The maximum atomic E-state index is 12.3. The van der Waals surface area contributed by atoms with Crippen LogP contribution in [0.25, 0.3) is 0 Å². The average Bonchev–Trinajstić information content (AvgIpc) is 2.80. The van der Waals surface area contributed by atoms with Crippen LogP contribution in [0.5, 0.6) is 0 Å². The van der Waals surface area contributed by atoms with Crippen LogP contribution in [0.1, 0.15) is 35.9 Å². The van der Waals surface area contributed by atoms with Gasteiger partial charge < -0.3 is 15.4 Å². The van der Waals surface area contributed by atoms with Gasteiger partial charge in [0.05, 0.1) is 18.0 Å². The number of anilines is 1. The lowest BCUT2D eigenvalue weighted by Crippen LogP contribution is -2.35. The normalized spacial score (nSPS) is 19.4. The van der Waals surface area contributed by atoms with Crippen LogP contribution < -0.4 is 5.73 Å². The summed E-state index contributed by atoms with van der Waals surface area (Å²) in [6, 6.07) is 0. The van der Waals surface area contributed by atoms with Crippen molar-refractivity contribution in [2.75, 3.05) is 32.5 Å². The summed E-state index contributed by atoms with van der Waals surface area (Å²) in [4.78, 5) is 14.0. The van der Waals surface area contributed by atoms with Gasteiger partial charge in [0.1, 0.15) is 0 Å². The number of carbonyl (C=O) groups is 1. The van der Waals surface area contributed by atoms with Crippen LogP contribution in [0.15, 0.2) is 0 Å². The van der Waals surface area contributed by atoms with Crippen LogP contribution >= 0.6 is 0 Å². The van der Waals surface area contributed by atoms with Crippen LogP contribution in [-0.2, 0) is 11.2 Å². The van der Waals surface area contributed by atoms with E-state index in [0.29, 0.717) is 23.8 Å². The van der Waals surface area contributed by atoms with E-state index < -0.39 is 0 Å². The van der Waals surface area contributed by atoms with Crippen molar-refractivity contribution in [3.63, 3.8) is 0 Å². The molecule has 3 N–H and O–H groups in total. The first-order chi connectivity index (χ1) is 9.13. The number of nitrogens with one attached hydrogen (secondary N) is 1. The van der Waals surface area contributed by atoms with E-state index in [1.807, 2.05) is 6.92 Å². The molecule has 0 saturated carbocycles. The molecule has 2 rings (SSSR count). The van der Waals surface area contributed by atoms with E-state index in [1.54, 1.807) is 11.9 Å². The molecule has 6 nitrogen and oxygen atoms in total. The third-order valence-corrected chi connectivity index (χ3v) is 3.57. The third kappa shape index (κ3) is 3.07. The predicted octanol–water partition coefficient (Wildman–Crippen LogP) is 1.05. The lowest BCUT2D eigenvalue weighted by atomic mass is 10.0. The SMILES string of the molecule is CCc1[nH]nc(C(=O)N(C)CC2CCCOC2)c1N. The van der Waals surface area contributed by atoms with Crippen molar-refractivity contribution >= 4 is 11.6 Å². The molecule has 1 fully saturated rings. The fraction of sp³-hybridized carbons (Fsp3) is 0.692. The molecule has 1 aliphatic heterocycles. The molecule has 6 heteroatoms. The van der Waals surface area contributed by atoms with Gasteiger partial charge in [-0.3, -0.25) is 9.89 Å². The molecule has 106 valence electrons. The number of H-pyrrole nitrogens is 1. The molecule has 0 bridgehead atoms. The highest BCUT2D eigenvalue weighted by molar-refractivity contribution is 5.97. The Bertz CT molecular complexity index is 438. The maximum absolute atomic E-state index is 12.3. The van der Waals surface area contributed by atoms with E-state index in [0.717, 1.165) is 38.2 Å². The molecule has 1 atom stereocenters. The molecule has 1 aromatic rings. The Morgan fingerprint density at radius 3 is 3.00 bits per heavy atom. The van der Waals surface area contributed by atoms with Crippen LogP contribution in [0.2, 0.25) is 0 Å². The number of hydrogen-bond donors (Lipinski definition) is 2. The van der Waals surface area contributed by atoms with Crippen molar-refractivity contribution < 1.29 is 9.53 Å². The van der Waals surface area contributed by atoms with Crippen molar-refractivity contribution in [1.82, 2.24) is 15.1 Å². The van der Waals surface area contributed by atoms with Gasteiger partial charge in [0, 0.05) is 20.2 Å². The second kappa shape index (κ2) is 6.06. The molecular weight excluding hydrogens is 244 g/mol. The Morgan fingerprint density at radius 1 is 1.63 bits per heavy atom.